The number of hydrogen-bond acceptors (Lipinski definition) is 3. The summed E-state index contributed by atoms with van der Waals surface area (Å²) in [6.07, 6.45) is 4.22. The van der Waals surface area contributed by atoms with E-state index in [-0.39, 0.29) is 5.91 Å². The van der Waals surface area contributed by atoms with Crippen molar-refractivity contribution >= 4 is 5.91 Å². The lowest BCUT2D eigenvalue weighted by Crippen LogP contribution is -2.42. The Bertz CT molecular complexity index is 208. The van der Waals surface area contributed by atoms with Crippen molar-refractivity contribution in [3.8, 4) is 0 Å². The number of likely N-dealkylation sites (N-methyl/N-ethyl adjacent to an activating group) is 1. The van der Waals surface area contributed by atoms with Crippen molar-refractivity contribution in [2.24, 2.45) is 0 Å². The zero-order valence-corrected chi connectivity index (χ0v) is 7.88. The first-order valence-corrected chi connectivity index (χ1v) is 4.89. The number of amides is 1. The van der Waals surface area contributed by atoms with Crippen molar-refractivity contribution in [3.63, 3.8) is 0 Å². The second-order valence-corrected chi connectivity index (χ2v) is 3.77. The van der Waals surface area contributed by atoms with Gasteiger partial charge in [0.25, 0.3) is 0 Å². The fourth-order valence-corrected chi connectivity index (χ4v) is 2.16. The first-order chi connectivity index (χ1) is 6.29. The van der Waals surface area contributed by atoms with Crippen molar-refractivity contribution in [2.75, 3.05) is 13.6 Å². The van der Waals surface area contributed by atoms with Crippen LogP contribution in [0.1, 0.15) is 19.3 Å². The summed E-state index contributed by atoms with van der Waals surface area (Å²) in [5.41, 5.74) is 0. The average molecular weight is 184 g/mol. The lowest BCUT2D eigenvalue weighted by Gasteiger charge is -2.19. The molecule has 0 aliphatic carbocycles. The van der Waals surface area contributed by atoms with E-state index in [0.29, 0.717) is 24.8 Å². The molecule has 4 nitrogen and oxygen atoms in total. The Morgan fingerprint density at radius 1 is 1.54 bits per heavy atom. The highest BCUT2D eigenvalue weighted by Crippen LogP contribution is 2.34. The highest BCUT2D eigenvalue weighted by atomic mass is 16.5. The standard InChI is InChI=1S/C9H16N2O2/c1-10-9(12)5-11-7-4-6-2-3-8(7)13-6/h6-8,11H,2-5H2,1H3,(H,10,12). The first-order valence-electron chi connectivity index (χ1n) is 4.89. The van der Waals surface area contributed by atoms with Crippen LogP contribution in [0.3, 0.4) is 0 Å². The summed E-state index contributed by atoms with van der Waals surface area (Å²) < 4.78 is 5.66. The highest BCUT2D eigenvalue weighted by Gasteiger charge is 2.40. The van der Waals surface area contributed by atoms with Gasteiger partial charge in [-0.15, -0.1) is 0 Å². The highest BCUT2D eigenvalue weighted by molar-refractivity contribution is 5.77. The smallest absolute Gasteiger partial charge is 0.233 e. The quantitative estimate of drug-likeness (QED) is 0.630. The maximum absolute atomic E-state index is 11.0. The van der Waals surface area contributed by atoms with Gasteiger partial charge in [0, 0.05) is 13.1 Å². The minimum atomic E-state index is 0.0442. The summed E-state index contributed by atoms with van der Waals surface area (Å²) in [5, 5.41) is 5.82. The van der Waals surface area contributed by atoms with E-state index >= 15 is 0 Å². The van der Waals surface area contributed by atoms with Crippen molar-refractivity contribution in [1.29, 1.82) is 0 Å². The van der Waals surface area contributed by atoms with Crippen LogP contribution < -0.4 is 10.6 Å². The van der Waals surface area contributed by atoms with Gasteiger partial charge in [-0.3, -0.25) is 4.79 Å². The second kappa shape index (κ2) is 3.64. The van der Waals surface area contributed by atoms with Crippen LogP contribution in [0.25, 0.3) is 0 Å². The van der Waals surface area contributed by atoms with Crippen molar-refractivity contribution < 1.29 is 9.53 Å². The number of fused-ring (bicyclic) bond motifs is 2. The maximum atomic E-state index is 11.0. The van der Waals surface area contributed by atoms with Gasteiger partial charge in [0.05, 0.1) is 18.8 Å². The summed E-state index contributed by atoms with van der Waals surface area (Å²) in [5.74, 6) is 0.0442. The summed E-state index contributed by atoms with van der Waals surface area (Å²) >= 11 is 0. The molecule has 2 rings (SSSR count). The van der Waals surface area contributed by atoms with Crippen LogP contribution in [0.4, 0.5) is 0 Å². The molecular weight excluding hydrogens is 168 g/mol. The minimum Gasteiger partial charge on any atom is -0.373 e. The molecule has 2 saturated heterocycles. The normalized spacial score (nSPS) is 36.5. The fourth-order valence-electron chi connectivity index (χ4n) is 2.16. The molecule has 0 aromatic rings. The number of rotatable bonds is 3. The molecule has 0 saturated carbocycles. The molecule has 0 spiro atoms. The molecule has 2 bridgehead atoms. The molecule has 74 valence electrons. The predicted octanol–water partition coefficient (Wildman–Crippen LogP) is -0.358. The zero-order valence-electron chi connectivity index (χ0n) is 7.88. The summed E-state index contributed by atoms with van der Waals surface area (Å²) in [6, 6.07) is 0.399. The summed E-state index contributed by atoms with van der Waals surface area (Å²) in [4.78, 5) is 11.0. The summed E-state index contributed by atoms with van der Waals surface area (Å²) in [7, 11) is 1.65. The molecule has 3 atom stereocenters. The molecule has 0 radical (unpaired) electrons. The van der Waals surface area contributed by atoms with Gasteiger partial charge in [0.15, 0.2) is 0 Å². The topological polar surface area (TPSA) is 50.4 Å². The van der Waals surface area contributed by atoms with Crippen LogP contribution in [0.15, 0.2) is 0 Å². The first kappa shape index (κ1) is 8.97. The van der Waals surface area contributed by atoms with Crippen LogP contribution in [-0.2, 0) is 9.53 Å². The van der Waals surface area contributed by atoms with Crippen LogP contribution in [0, 0.1) is 0 Å². The molecule has 2 N–H and O–H groups in total. The van der Waals surface area contributed by atoms with Gasteiger partial charge >= 0.3 is 0 Å². The van der Waals surface area contributed by atoms with E-state index in [1.807, 2.05) is 0 Å². The lowest BCUT2D eigenvalue weighted by molar-refractivity contribution is -0.119. The van der Waals surface area contributed by atoms with E-state index in [2.05, 4.69) is 10.6 Å². The second-order valence-electron chi connectivity index (χ2n) is 3.77. The minimum absolute atomic E-state index is 0.0442. The third kappa shape index (κ3) is 1.84. The fraction of sp³-hybridized carbons (Fsp3) is 0.889. The van der Waals surface area contributed by atoms with E-state index in [1.165, 1.54) is 6.42 Å². The van der Waals surface area contributed by atoms with Gasteiger partial charge in [-0.05, 0) is 19.3 Å². The third-order valence-electron chi connectivity index (χ3n) is 2.91. The molecule has 0 aromatic heterocycles. The number of carbonyl (C=O) groups excluding carboxylic acids is 1. The van der Waals surface area contributed by atoms with Crippen LogP contribution in [-0.4, -0.2) is 37.7 Å². The monoisotopic (exact) mass is 184 g/mol. The maximum Gasteiger partial charge on any atom is 0.233 e. The molecule has 0 aromatic carbocycles. The number of hydrogen-bond donors (Lipinski definition) is 2. The van der Waals surface area contributed by atoms with Crippen molar-refractivity contribution in [1.82, 2.24) is 10.6 Å². The van der Waals surface area contributed by atoms with E-state index in [4.69, 9.17) is 4.74 Å². The van der Waals surface area contributed by atoms with Gasteiger partial charge in [0.1, 0.15) is 0 Å². The number of nitrogens with one attached hydrogen (secondary N) is 2. The van der Waals surface area contributed by atoms with E-state index in [1.54, 1.807) is 7.05 Å². The predicted molar refractivity (Wildman–Crippen MR) is 48.4 cm³/mol. The zero-order chi connectivity index (χ0) is 9.26. The Morgan fingerprint density at radius 2 is 2.38 bits per heavy atom. The van der Waals surface area contributed by atoms with Gasteiger partial charge < -0.3 is 15.4 Å². The number of ether oxygens (including phenoxy) is 1. The van der Waals surface area contributed by atoms with E-state index < -0.39 is 0 Å². The Labute approximate surface area is 78.0 Å². The molecule has 13 heavy (non-hydrogen) atoms. The molecule has 4 heteroatoms. The van der Waals surface area contributed by atoms with Gasteiger partial charge in [-0.2, -0.15) is 0 Å². The van der Waals surface area contributed by atoms with Gasteiger partial charge in [-0.25, -0.2) is 0 Å². The van der Waals surface area contributed by atoms with E-state index in [9.17, 15) is 4.79 Å². The van der Waals surface area contributed by atoms with Gasteiger partial charge in [0.2, 0.25) is 5.91 Å². The molecule has 2 aliphatic heterocycles. The molecule has 3 unspecified atom stereocenters. The Morgan fingerprint density at radius 3 is 2.92 bits per heavy atom. The lowest BCUT2D eigenvalue weighted by atomic mass is 9.95. The Balaban J connectivity index is 1.74. The Kier molecular flexibility index (Phi) is 2.51. The molecule has 2 aliphatic rings. The van der Waals surface area contributed by atoms with Crippen molar-refractivity contribution in [3.05, 3.63) is 0 Å². The largest absolute Gasteiger partial charge is 0.373 e. The van der Waals surface area contributed by atoms with Crippen LogP contribution in [0.2, 0.25) is 0 Å². The van der Waals surface area contributed by atoms with Crippen LogP contribution >= 0.6 is 0 Å². The van der Waals surface area contributed by atoms with E-state index in [0.717, 1.165) is 12.8 Å². The average Bonchev–Trinajstić information content (AvgIpc) is 2.74. The molecule has 2 fully saturated rings. The molecule has 2 heterocycles. The number of carbonyl (C=O) groups is 1. The van der Waals surface area contributed by atoms with Gasteiger partial charge in [-0.1, -0.05) is 0 Å². The molecule has 1 amide bonds. The van der Waals surface area contributed by atoms with Crippen LogP contribution in [0.5, 0.6) is 0 Å². The Hall–Kier alpha value is -0.610. The molecular formula is C9H16N2O2. The third-order valence-corrected chi connectivity index (χ3v) is 2.91. The van der Waals surface area contributed by atoms with Crippen molar-refractivity contribution in [2.45, 2.75) is 37.5 Å². The SMILES string of the molecule is CNC(=O)CNC1CC2CCC1O2. The summed E-state index contributed by atoms with van der Waals surface area (Å²) in [6.45, 7) is 0.410.